The molecule has 0 saturated carbocycles. The van der Waals surface area contributed by atoms with Crippen molar-refractivity contribution in [2.45, 2.75) is 25.1 Å². The van der Waals surface area contributed by atoms with Gasteiger partial charge in [0.05, 0.1) is 0 Å². The second-order valence-corrected chi connectivity index (χ2v) is 6.03. The van der Waals surface area contributed by atoms with Gasteiger partial charge in [-0.25, -0.2) is 8.78 Å². The van der Waals surface area contributed by atoms with E-state index in [0.717, 1.165) is 5.56 Å². The number of ether oxygens (including phenoxy) is 1. The number of phenolic OH excluding ortho intramolecular Hbond substituents is 1. The highest BCUT2D eigenvalue weighted by Gasteiger charge is 2.48. The molecule has 3 nitrogen and oxygen atoms in total. The molecule has 3 rings (SSSR count). The van der Waals surface area contributed by atoms with Gasteiger partial charge in [0.2, 0.25) is 0 Å². The van der Waals surface area contributed by atoms with Crippen LogP contribution in [0.3, 0.4) is 0 Å². The number of aromatic hydroxyl groups is 1. The van der Waals surface area contributed by atoms with E-state index in [4.69, 9.17) is 4.74 Å². The first-order valence-electron chi connectivity index (χ1n) is 7.51. The zero-order valence-corrected chi connectivity index (χ0v) is 13.1. The number of halogens is 2. The summed E-state index contributed by atoms with van der Waals surface area (Å²) in [5.41, 5.74) is 0.423. The Morgan fingerprint density at radius 3 is 2.78 bits per heavy atom. The number of hydrogen-bond acceptors (Lipinski definition) is 3. The minimum atomic E-state index is -1.63. The Kier molecular flexibility index (Phi) is 3.98. The maximum Gasteiger partial charge on any atom is 0.168 e. The molecule has 122 valence electrons. The molecule has 0 aliphatic heterocycles. The molecule has 0 amide bonds. The topological polar surface area (TPSA) is 41.5 Å². The van der Waals surface area contributed by atoms with Gasteiger partial charge in [-0.2, -0.15) is 0 Å². The minimum absolute atomic E-state index is 0.106. The third-order valence-corrected chi connectivity index (χ3v) is 4.22. The Labute approximate surface area is 133 Å². The molecule has 23 heavy (non-hydrogen) atoms. The first kappa shape index (κ1) is 15.7. The Balaban J connectivity index is 1.99. The van der Waals surface area contributed by atoms with Crippen LogP contribution in [-0.2, 0) is 6.42 Å². The summed E-state index contributed by atoms with van der Waals surface area (Å²) in [5, 5.41) is 12.5. The summed E-state index contributed by atoms with van der Waals surface area (Å²) in [5.74, 6) is 0.206. The average Bonchev–Trinajstić information content (AvgIpc) is 2.73. The molecule has 1 aliphatic rings. The number of hydrogen-bond donors (Lipinski definition) is 2. The van der Waals surface area contributed by atoms with Crippen LogP contribution in [0.15, 0.2) is 36.4 Å². The third kappa shape index (κ3) is 2.88. The summed E-state index contributed by atoms with van der Waals surface area (Å²) in [4.78, 5) is 0. The molecule has 2 atom stereocenters. The van der Waals surface area contributed by atoms with E-state index in [1.54, 1.807) is 26.1 Å². The zero-order valence-electron chi connectivity index (χ0n) is 13.1. The van der Waals surface area contributed by atoms with Gasteiger partial charge in [0, 0.05) is 13.0 Å². The number of rotatable bonds is 4. The Morgan fingerprint density at radius 2 is 2.09 bits per heavy atom. The molecule has 5 heteroatoms. The van der Waals surface area contributed by atoms with Gasteiger partial charge in [0.15, 0.2) is 11.8 Å². The quantitative estimate of drug-likeness (QED) is 0.907. The van der Waals surface area contributed by atoms with Crippen LogP contribution in [0.2, 0.25) is 0 Å². The van der Waals surface area contributed by atoms with Gasteiger partial charge in [-0.05, 0) is 61.0 Å². The fourth-order valence-corrected chi connectivity index (χ4v) is 3.18. The maximum absolute atomic E-state index is 15.5. The lowest BCUT2D eigenvalue weighted by atomic mass is 9.99. The summed E-state index contributed by atoms with van der Waals surface area (Å²) >= 11 is 0. The number of nitrogens with one attached hydrogen (secondary N) is 1. The molecular formula is C18H19F2NO2. The summed E-state index contributed by atoms with van der Waals surface area (Å²) in [6.07, 6.45) is -0.655. The van der Waals surface area contributed by atoms with Crippen molar-refractivity contribution in [2.24, 2.45) is 0 Å². The normalized spacial score (nSPS) is 22.9. The zero-order chi connectivity index (χ0) is 16.6. The molecule has 0 saturated heterocycles. The summed E-state index contributed by atoms with van der Waals surface area (Å²) in [7, 11) is 1.68. The van der Waals surface area contributed by atoms with Gasteiger partial charge < -0.3 is 15.2 Å². The van der Waals surface area contributed by atoms with Crippen LogP contribution in [-0.4, -0.2) is 24.4 Å². The molecule has 0 bridgehead atoms. The van der Waals surface area contributed by atoms with Gasteiger partial charge >= 0.3 is 0 Å². The molecule has 0 spiro atoms. The molecule has 0 aromatic heterocycles. The predicted molar refractivity (Wildman–Crippen MR) is 84.1 cm³/mol. The minimum Gasteiger partial charge on any atom is -0.508 e. The van der Waals surface area contributed by atoms with Crippen molar-refractivity contribution < 1.29 is 18.6 Å². The molecule has 2 aromatic rings. The van der Waals surface area contributed by atoms with Gasteiger partial charge in [-0.3, -0.25) is 0 Å². The fourth-order valence-electron chi connectivity index (χ4n) is 3.18. The predicted octanol–water partition coefficient (Wildman–Crippen LogP) is 3.44. The SMILES string of the molecule is CNCC1(F)Cc2cc(O)ccc2C1Oc1ccc(F)cc1C. The number of fused-ring (bicyclic) bond motifs is 1. The van der Waals surface area contributed by atoms with Crippen LogP contribution in [0, 0.1) is 12.7 Å². The summed E-state index contributed by atoms with van der Waals surface area (Å²) in [6, 6.07) is 8.96. The van der Waals surface area contributed by atoms with E-state index in [1.807, 2.05) is 0 Å². The van der Waals surface area contributed by atoms with E-state index in [0.29, 0.717) is 16.9 Å². The van der Waals surface area contributed by atoms with Crippen LogP contribution < -0.4 is 10.1 Å². The van der Waals surface area contributed by atoms with Crippen molar-refractivity contribution in [3.8, 4) is 11.5 Å². The molecule has 0 radical (unpaired) electrons. The second-order valence-electron chi connectivity index (χ2n) is 6.03. The highest BCUT2D eigenvalue weighted by atomic mass is 19.1. The van der Waals surface area contributed by atoms with Crippen molar-refractivity contribution in [1.82, 2.24) is 5.32 Å². The van der Waals surface area contributed by atoms with Crippen LogP contribution in [0.5, 0.6) is 11.5 Å². The van der Waals surface area contributed by atoms with E-state index in [-0.39, 0.29) is 24.5 Å². The number of phenols is 1. The van der Waals surface area contributed by atoms with Gasteiger partial charge in [0.1, 0.15) is 17.3 Å². The second kappa shape index (κ2) is 5.81. The molecule has 1 aliphatic carbocycles. The molecular weight excluding hydrogens is 300 g/mol. The first-order chi connectivity index (χ1) is 10.9. The third-order valence-electron chi connectivity index (χ3n) is 4.22. The van der Waals surface area contributed by atoms with Crippen molar-refractivity contribution >= 4 is 0 Å². The van der Waals surface area contributed by atoms with Crippen LogP contribution in [0.25, 0.3) is 0 Å². The van der Waals surface area contributed by atoms with E-state index in [9.17, 15) is 9.50 Å². The van der Waals surface area contributed by atoms with E-state index < -0.39 is 11.8 Å². The van der Waals surface area contributed by atoms with Gasteiger partial charge in [-0.1, -0.05) is 6.07 Å². The fraction of sp³-hybridized carbons (Fsp3) is 0.333. The lowest BCUT2D eigenvalue weighted by Gasteiger charge is -2.29. The number of benzene rings is 2. The highest BCUT2D eigenvalue weighted by Crippen LogP contribution is 2.45. The van der Waals surface area contributed by atoms with E-state index in [2.05, 4.69) is 5.32 Å². The standard InChI is InChI=1S/C18H19F2NO2/c1-11-7-13(19)3-6-16(11)23-17-15-5-4-14(22)8-12(15)9-18(17,20)10-21-2/h3-8,17,21-22H,9-10H2,1-2H3. The smallest absolute Gasteiger partial charge is 0.168 e. The lowest BCUT2D eigenvalue weighted by molar-refractivity contribution is 0.0227. The Morgan fingerprint density at radius 1 is 1.30 bits per heavy atom. The van der Waals surface area contributed by atoms with E-state index in [1.165, 1.54) is 24.3 Å². The molecule has 2 N–H and O–H groups in total. The van der Waals surface area contributed by atoms with Crippen LogP contribution >= 0.6 is 0 Å². The van der Waals surface area contributed by atoms with Crippen molar-refractivity contribution in [3.63, 3.8) is 0 Å². The Hall–Kier alpha value is -2.14. The average molecular weight is 319 g/mol. The summed E-state index contributed by atoms with van der Waals surface area (Å²) in [6.45, 7) is 1.84. The summed E-state index contributed by atoms with van der Waals surface area (Å²) < 4.78 is 34.6. The molecule has 2 aromatic carbocycles. The van der Waals surface area contributed by atoms with Crippen LogP contribution in [0.4, 0.5) is 8.78 Å². The maximum atomic E-state index is 15.5. The largest absolute Gasteiger partial charge is 0.508 e. The molecule has 2 unspecified atom stereocenters. The van der Waals surface area contributed by atoms with Crippen molar-refractivity contribution in [2.75, 3.05) is 13.6 Å². The van der Waals surface area contributed by atoms with Crippen LogP contribution in [0.1, 0.15) is 22.8 Å². The number of alkyl halides is 1. The number of aryl methyl sites for hydroxylation is 1. The Bertz CT molecular complexity index is 735. The van der Waals surface area contributed by atoms with E-state index >= 15 is 4.39 Å². The van der Waals surface area contributed by atoms with Gasteiger partial charge in [0.25, 0.3) is 0 Å². The van der Waals surface area contributed by atoms with Crippen molar-refractivity contribution in [3.05, 3.63) is 58.9 Å². The van der Waals surface area contributed by atoms with Crippen molar-refractivity contribution in [1.29, 1.82) is 0 Å². The lowest BCUT2D eigenvalue weighted by Crippen LogP contribution is -2.41. The van der Waals surface area contributed by atoms with Gasteiger partial charge in [-0.15, -0.1) is 0 Å². The monoisotopic (exact) mass is 319 g/mol. The molecule has 0 fully saturated rings. The first-order valence-corrected chi connectivity index (χ1v) is 7.51. The molecule has 0 heterocycles. The highest BCUT2D eigenvalue weighted by molar-refractivity contribution is 5.44.